The fourth-order valence-electron chi connectivity index (χ4n) is 8.97. The summed E-state index contributed by atoms with van der Waals surface area (Å²) in [6.45, 7) is 4.28. The van der Waals surface area contributed by atoms with Crippen LogP contribution in [0.3, 0.4) is 0 Å². The predicted octanol–water partition coefficient (Wildman–Crippen LogP) is 2.38. The third-order valence-electron chi connectivity index (χ3n) is 10.5. The average Bonchev–Trinajstić information content (AvgIpc) is 3.23. The highest BCUT2D eigenvalue weighted by Crippen LogP contribution is 2.78. The Labute approximate surface area is 181 Å². The van der Waals surface area contributed by atoms with Gasteiger partial charge in [0.1, 0.15) is 22.9 Å². The number of esters is 2. The number of carbonyl (C=O) groups excluding carboxylic acids is 4. The Balaban J connectivity index is 1.50. The van der Waals surface area contributed by atoms with Crippen molar-refractivity contribution >= 4 is 23.5 Å². The third kappa shape index (κ3) is 2.06. The lowest BCUT2D eigenvalue weighted by Gasteiger charge is -2.59. The molecule has 31 heavy (non-hydrogen) atoms. The van der Waals surface area contributed by atoms with Gasteiger partial charge in [0.15, 0.2) is 5.78 Å². The van der Waals surface area contributed by atoms with Crippen molar-refractivity contribution in [2.24, 2.45) is 34.5 Å². The summed E-state index contributed by atoms with van der Waals surface area (Å²) in [5.74, 6) is -2.43. The van der Waals surface area contributed by atoms with E-state index in [4.69, 9.17) is 14.2 Å². The molecule has 7 nitrogen and oxygen atoms in total. The second-order valence-corrected chi connectivity index (χ2v) is 11.3. The van der Waals surface area contributed by atoms with Gasteiger partial charge >= 0.3 is 11.9 Å². The van der Waals surface area contributed by atoms with E-state index < -0.39 is 34.4 Å². The first-order valence-electron chi connectivity index (χ1n) is 11.7. The fourth-order valence-corrected chi connectivity index (χ4v) is 8.97. The maximum Gasteiger partial charge on any atom is 0.316 e. The Morgan fingerprint density at radius 3 is 2.52 bits per heavy atom. The molecule has 0 aromatic rings. The van der Waals surface area contributed by atoms with E-state index in [1.807, 2.05) is 0 Å². The van der Waals surface area contributed by atoms with Gasteiger partial charge in [-0.1, -0.05) is 13.8 Å². The van der Waals surface area contributed by atoms with Crippen LogP contribution >= 0.6 is 0 Å². The van der Waals surface area contributed by atoms with Crippen LogP contribution in [0.15, 0.2) is 0 Å². The van der Waals surface area contributed by atoms with Gasteiger partial charge in [-0.15, -0.1) is 0 Å². The van der Waals surface area contributed by atoms with Crippen LogP contribution in [0.2, 0.25) is 0 Å². The van der Waals surface area contributed by atoms with Crippen molar-refractivity contribution in [1.29, 1.82) is 0 Å². The number of ketones is 2. The number of epoxide rings is 1. The van der Waals surface area contributed by atoms with Crippen LogP contribution in [-0.4, -0.2) is 47.9 Å². The highest BCUT2D eigenvalue weighted by atomic mass is 16.6. The SMILES string of the molecule is COC(=O)[C@@H]1C(=O)C2CC(=O)CC[C@]2(C)[C@@]23O[C@@H]2C[C@@]2(C)C(CC[C@@]24CCC(=O)O4)C13. The van der Waals surface area contributed by atoms with Gasteiger partial charge in [0, 0.05) is 41.9 Å². The molecular formula is C24H30O7. The van der Waals surface area contributed by atoms with Crippen molar-refractivity contribution < 1.29 is 33.4 Å². The van der Waals surface area contributed by atoms with E-state index in [9.17, 15) is 19.2 Å². The normalized spacial score (nSPS) is 54.5. The van der Waals surface area contributed by atoms with E-state index in [0.29, 0.717) is 25.7 Å². The Bertz CT molecular complexity index is 927. The van der Waals surface area contributed by atoms with Gasteiger partial charge in [0.2, 0.25) is 0 Å². The molecule has 0 radical (unpaired) electrons. The maximum atomic E-state index is 13.8. The van der Waals surface area contributed by atoms with Crippen molar-refractivity contribution in [1.82, 2.24) is 0 Å². The first-order chi connectivity index (χ1) is 14.6. The van der Waals surface area contributed by atoms with Gasteiger partial charge in [-0.3, -0.25) is 19.2 Å². The van der Waals surface area contributed by atoms with Crippen LogP contribution in [0.1, 0.15) is 65.2 Å². The van der Waals surface area contributed by atoms with Gasteiger partial charge in [-0.05, 0) is 38.0 Å². The van der Waals surface area contributed by atoms with E-state index in [1.54, 1.807) is 0 Å². The number of hydrogen-bond acceptors (Lipinski definition) is 7. The standard InChI is InChI=1S/C24H30O7/c1-21-7-4-12(25)10-14(21)19(27)17(20(28)29-3)18-13-5-8-23(9-6-16(26)31-23)22(13,2)11-15-24(18,21)30-15/h13-15,17-18H,4-11H2,1-3H3/t13?,14?,15-,17+,18?,21+,22+,23-,24-/m1/s1. The van der Waals surface area contributed by atoms with Crippen LogP contribution in [-0.2, 0) is 33.4 Å². The smallest absolute Gasteiger partial charge is 0.316 e. The highest BCUT2D eigenvalue weighted by molar-refractivity contribution is 6.04. The van der Waals surface area contributed by atoms with Crippen molar-refractivity contribution in [3.63, 3.8) is 0 Å². The third-order valence-corrected chi connectivity index (χ3v) is 10.5. The molecule has 0 amide bonds. The van der Waals surface area contributed by atoms with Crippen molar-refractivity contribution in [3.05, 3.63) is 0 Å². The number of carbonyl (C=O) groups is 4. The molecule has 168 valence electrons. The van der Waals surface area contributed by atoms with Gasteiger partial charge in [0.05, 0.1) is 13.2 Å². The summed E-state index contributed by atoms with van der Waals surface area (Å²) in [6, 6.07) is 0. The zero-order valence-electron chi connectivity index (χ0n) is 18.4. The molecule has 4 aliphatic carbocycles. The van der Waals surface area contributed by atoms with Crippen LogP contribution < -0.4 is 0 Å². The number of hydrogen-bond donors (Lipinski definition) is 0. The van der Waals surface area contributed by atoms with Crippen molar-refractivity contribution in [2.75, 3.05) is 7.11 Å². The summed E-state index contributed by atoms with van der Waals surface area (Å²) in [5.41, 5.74) is -1.91. The van der Waals surface area contributed by atoms with Crippen molar-refractivity contribution in [3.8, 4) is 0 Å². The maximum absolute atomic E-state index is 13.8. The zero-order chi connectivity index (χ0) is 22.0. The molecule has 9 atom stereocenters. The summed E-state index contributed by atoms with van der Waals surface area (Å²) in [6.07, 6.45) is 4.61. The molecule has 0 N–H and O–H groups in total. The molecule has 2 saturated heterocycles. The molecule has 2 spiro atoms. The molecule has 2 aliphatic heterocycles. The minimum Gasteiger partial charge on any atom is -0.468 e. The molecule has 0 aromatic carbocycles. The summed E-state index contributed by atoms with van der Waals surface area (Å²) in [7, 11) is 1.32. The monoisotopic (exact) mass is 430 g/mol. The van der Waals surface area contributed by atoms with Gasteiger partial charge < -0.3 is 14.2 Å². The summed E-state index contributed by atoms with van der Waals surface area (Å²) < 4.78 is 17.7. The minimum atomic E-state index is -0.921. The van der Waals surface area contributed by atoms with E-state index >= 15 is 0 Å². The van der Waals surface area contributed by atoms with Gasteiger partial charge in [0.25, 0.3) is 0 Å². The molecule has 0 bridgehead atoms. The van der Waals surface area contributed by atoms with Crippen LogP contribution in [0, 0.1) is 34.5 Å². The van der Waals surface area contributed by atoms with E-state index in [-0.39, 0.29) is 47.3 Å². The van der Waals surface area contributed by atoms with Crippen molar-refractivity contribution in [2.45, 2.75) is 82.5 Å². The molecule has 6 rings (SSSR count). The summed E-state index contributed by atoms with van der Waals surface area (Å²) >= 11 is 0. The van der Waals surface area contributed by atoms with Crippen LogP contribution in [0.25, 0.3) is 0 Å². The van der Waals surface area contributed by atoms with Gasteiger partial charge in [-0.2, -0.15) is 0 Å². The van der Waals surface area contributed by atoms with E-state index in [2.05, 4.69) is 13.8 Å². The van der Waals surface area contributed by atoms with Crippen LogP contribution in [0.5, 0.6) is 0 Å². The molecule has 7 heteroatoms. The second kappa shape index (κ2) is 5.77. The number of Topliss-reactive ketones (excluding diaryl/α,β-unsaturated/α-hetero) is 2. The summed E-state index contributed by atoms with van der Waals surface area (Å²) in [5, 5.41) is 0. The Hall–Kier alpha value is -1.76. The van der Waals surface area contributed by atoms with Gasteiger partial charge in [-0.25, -0.2) is 0 Å². The predicted molar refractivity (Wildman–Crippen MR) is 106 cm³/mol. The largest absolute Gasteiger partial charge is 0.468 e. The lowest BCUT2D eigenvalue weighted by molar-refractivity contribution is -0.187. The Morgan fingerprint density at radius 2 is 1.84 bits per heavy atom. The van der Waals surface area contributed by atoms with Crippen LogP contribution in [0.4, 0.5) is 0 Å². The van der Waals surface area contributed by atoms with E-state index in [0.717, 1.165) is 19.3 Å². The minimum absolute atomic E-state index is 0.0283. The number of ether oxygens (including phenoxy) is 3. The quantitative estimate of drug-likeness (QED) is 0.358. The molecule has 2 heterocycles. The molecular weight excluding hydrogens is 400 g/mol. The average molecular weight is 430 g/mol. The lowest BCUT2D eigenvalue weighted by atomic mass is 9.41. The molecule has 3 unspecified atom stereocenters. The number of fused-ring (bicyclic) bond motifs is 4. The molecule has 0 aromatic heterocycles. The number of methoxy groups -OCH3 is 1. The first-order valence-corrected chi connectivity index (χ1v) is 11.7. The Kier molecular flexibility index (Phi) is 3.70. The fraction of sp³-hybridized carbons (Fsp3) is 0.833. The highest BCUT2D eigenvalue weighted by Gasteiger charge is 2.85. The summed E-state index contributed by atoms with van der Waals surface area (Å²) in [4.78, 5) is 51.3. The zero-order valence-corrected chi connectivity index (χ0v) is 18.4. The lowest BCUT2D eigenvalue weighted by Crippen LogP contribution is -2.68. The molecule has 6 aliphatic rings. The first kappa shape index (κ1) is 19.9. The molecule has 6 fully saturated rings. The number of rotatable bonds is 1. The topological polar surface area (TPSA) is 99.3 Å². The Morgan fingerprint density at radius 1 is 1.06 bits per heavy atom. The molecule has 4 saturated carbocycles. The van der Waals surface area contributed by atoms with E-state index in [1.165, 1.54) is 7.11 Å². The second-order valence-electron chi connectivity index (χ2n) is 11.3.